The highest BCUT2D eigenvalue weighted by Gasteiger charge is 2.30. The Morgan fingerprint density at radius 2 is 1.28 bits per heavy atom. The highest BCUT2D eigenvalue weighted by atomic mass is 16.4. The number of carbonyl (C=O) groups is 4. The standard InChI is InChI=1S/C36H46N6O8/c37-36(38)39-19-5-9-28(40-32(46)10-4-8-23-11-15-26(43)16-12-23)34(48)42-29(20-24-6-2-1-3-7-24)31(45)22-33(47)41-30(35(49)50)21-25-13-17-27(44)18-14-25/h1-3,6-7,11-18,28-31,43-45H,4-5,8-10,19-22H2,(H,40,46)(H,41,47)(H,42,48)(H,49,50)(H4,37,38,39)/t28-,29+,30+,31+/m1/s1. The number of hydrogen-bond acceptors (Lipinski definition) is 8. The number of aryl methyl sites for hydroxylation is 1. The van der Waals surface area contributed by atoms with Gasteiger partial charge in [0.05, 0.1) is 18.6 Å². The van der Waals surface area contributed by atoms with Crippen molar-refractivity contribution in [2.45, 2.75) is 75.6 Å². The number of nitrogens with zero attached hydrogens (tertiary/aromatic N) is 1. The predicted molar refractivity (Wildman–Crippen MR) is 187 cm³/mol. The summed E-state index contributed by atoms with van der Waals surface area (Å²) in [5, 5.41) is 48.0. The van der Waals surface area contributed by atoms with Crippen LogP contribution in [0.3, 0.4) is 0 Å². The second-order valence-electron chi connectivity index (χ2n) is 12.0. The quantitative estimate of drug-likeness (QED) is 0.0466. The number of carbonyl (C=O) groups excluding carboxylic acids is 3. The van der Waals surface area contributed by atoms with E-state index < -0.39 is 48.4 Å². The minimum absolute atomic E-state index is 0.0143. The number of aliphatic carboxylic acids is 1. The number of aromatic hydroxyl groups is 2. The number of nitrogens with two attached hydrogens (primary N) is 2. The van der Waals surface area contributed by atoms with Crippen LogP contribution in [-0.4, -0.2) is 80.9 Å². The normalized spacial score (nSPS) is 13.2. The number of aliphatic hydroxyl groups is 1. The molecule has 268 valence electrons. The van der Waals surface area contributed by atoms with Crippen LogP contribution in [0.5, 0.6) is 11.5 Å². The maximum atomic E-state index is 13.7. The van der Waals surface area contributed by atoms with Crippen LogP contribution in [0.4, 0.5) is 0 Å². The summed E-state index contributed by atoms with van der Waals surface area (Å²) < 4.78 is 0. The minimum atomic E-state index is -1.43. The zero-order chi connectivity index (χ0) is 36.5. The molecular weight excluding hydrogens is 644 g/mol. The molecule has 0 unspecified atom stereocenters. The van der Waals surface area contributed by atoms with Gasteiger partial charge in [-0.1, -0.05) is 54.6 Å². The fraction of sp³-hybridized carbons (Fsp3) is 0.361. The number of benzene rings is 3. The van der Waals surface area contributed by atoms with Crippen LogP contribution >= 0.6 is 0 Å². The van der Waals surface area contributed by atoms with E-state index in [9.17, 15) is 39.6 Å². The van der Waals surface area contributed by atoms with Crippen molar-refractivity contribution in [3.8, 4) is 11.5 Å². The number of carboxylic acid groups (broad SMARTS) is 1. The first-order valence-corrected chi connectivity index (χ1v) is 16.3. The van der Waals surface area contributed by atoms with Gasteiger partial charge in [0.25, 0.3) is 0 Å². The fourth-order valence-corrected chi connectivity index (χ4v) is 5.24. The van der Waals surface area contributed by atoms with Crippen LogP contribution in [0.15, 0.2) is 83.9 Å². The van der Waals surface area contributed by atoms with Gasteiger partial charge in [0.2, 0.25) is 17.7 Å². The van der Waals surface area contributed by atoms with E-state index in [0.29, 0.717) is 24.8 Å². The van der Waals surface area contributed by atoms with Gasteiger partial charge in [-0.25, -0.2) is 4.79 Å². The lowest BCUT2D eigenvalue weighted by molar-refractivity contribution is -0.142. The molecule has 0 aliphatic carbocycles. The Labute approximate surface area is 290 Å². The van der Waals surface area contributed by atoms with Crippen molar-refractivity contribution in [3.05, 3.63) is 95.6 Å². The van der Waals surface area contributed by atoms with E-state index in [2.05, 4.69) is 20.9 Å². The molecule has 0 aliphatic heterocycles. The van der Waals surface area contributed by atoms with Crippen molar-refractivity contribution in [2.24, 2.45) is 16.5 Å². The molecule has 3 amide bonds. The van der Waals surface area contributed by atoms with Crippen LogP contribution in [-0.2, 0) is 38.4 Å². The van der Waals surface area contributed by atoms with Crippen molar-refractivity contribution in [1.82, 2.24) is 16.0 Å². The third-order valence-corrected chi connectivity index (χ3v) is 7.90. The van der Waals surface area contributed by atoms with Crippen molar-refractivity contribution >= 4 is 29.7 Å². The van der Waals surface area contributed by atoms with Gasteiger partial charge >= 0.3 is 5.97 Å². The molecule has 0 saturated carbocycles. The second kappa shape index (κ2) is 20.0. The molecule has 4 atom stereocenters. The minimum Gasteiger partial charge on any atom is -0.508 e. The van der Waals surface area contributed by atoms with Gasteiger partial charge in [-0.15, -0.1) is 0 Å². The maximum Gasteiger partial charge on any atom is 0.326 e. The molecule has 11 N–H and O–H groups in total. The number of amides is 3. The Morgan fingerprint density at radius 1 is 0.700 bits per heavy atom. The van der Waals surface area contributed by atoms with Gasteiger partial charge in [-0.05, 0) is 73.1 Å². The summed E-state index contributed by atoms with van der Waals surface area (Å²) in [6, 6.07) is 18.3. The molecule has 0 aliphatic rings. The average Bonchev–Trinajstić information content (AvgIpc) is 3.07. The molecule has 14 nitrogen and oxygen atoms in total. The first-order chi connectivity index (χ1) is 23.9. The monoisotopic (exact) mass is 690 g/mol. The first-order valence-electron chi connectivity index (χ1n) is 16.3. The largest absolute Gasteiger partial charge is 0.508 e. The number of hydrogen-bond donors (Lipinski definition) is 9. The molecule has 3 aromatic rings. The van der Waals surface area contributed by atoms with Gasteiger partial charge in [0.1, 0.15) is 23.6 Å². The number of aliphatic hydroxyl groups excluding tert-OH is 1. The third kappa shape index (κ3) is 14.2. The maximum absolute atomic E-state index is 13.7. The first kappa shape index (κ1) is 38.8. The Balaban J connectivity index is 1.69. The molecule has 50 heavy (non-hydrogen) atoms. The number of phenolic OH excluding ortho intramolecular Hbond substituents is 2. The van der Waals surface area contributed by atoms with Crippen molar-refractivity contribution in [2.75, 3.05) is 6.54 Å². The zero-order valence-corrected chi connectivity index (χ0v) is 27.7. The van der Waals surface area contributed by atoms with Crippen molar-refractivity contribution in [3.63, 3.8) is 0 Å². The summed E-state index contributed by atoms with van der Waals surface area (Å²) in [5.74, 6) is -2.92. The molecular formula is C36H46N6O8. The van der Waals surface area contributed by atoms with Gasteiger partial charge in [0, 0.05) is 19.4 Å². The molecule has 0 aromatic heterocycles. The van der Waals surface area contributed by atoms with E-state index in [-0.39, 0.29) is 55.6 Å². The molecule has 3 rings (SSSR count). The van der Waals surface area contributed by atoms with E-state index in [4.69, 9.17) is 11.5 Å². The number of guanidine groups is 1. The summed E-state index contributed by atoms with van der Waals surface area (Å²) in [4.78, 5) is 55.5. The van der Waals surface area contributed by atoms with Crippen LogP contribution in [0.2, 0.25) is 0 Å². The summed E-state index contributed by atoms with van der Waals surface area (Å²) in [7, 11) is 0. The zero-order valence-electron chi connectivity index (χ0n) is 27.7. The van der Waals surface area contributed by atoms with Crippen LogP contribution < -0.4 is 27.4 Å². The molecule has 14 heteroatoms. The number of nitrogens with one attached hydrogen (secondary N) is 3. The molecule has 0 fully saturated rings. The Hall–Kier alpha value is -5.63. The number of aliphatic imine (C=N–C) groups is 1. The predicted octanol–water partition coefficient (Wildman–Crippen LogP) is 1.25. The Morgan fingerprint density at radius 3 is 1.88 bits per heavy atom. The Bertz CT molecular complexity index is 1560. The van der Waals surface area contributed by atoms with E-state index >= 15 is 0 Å². The highest BCUT2D eigenvalue weighted by Crippen LogP contribution is 2.15. The fourth-order valence-electron chi connectivity index (χ4n) is 5.24. The number of phenols is 2. The molecule has 0 spiro atoms. The molecule has 0 radical (unpaired) electrons. The third-order valence-electron chi connectivity index (χ3n) is 7.90. The van der Waals surface area contributed by atoms with Gasteiger partial charge in [-0.3, -0.25) is 19.4 Å². The van der Waals surface area contributed by atoms with E-state index in [1.165, 1.54) is 12.1 Å². The summed E-state index contributed by atoms with van der Waals surface area (Å²) in [6.07, 6.45) is -0.122. The van der Waals surface area contributed by atoms with Gasteiger partial charge < -0.3 is 47.8 Å². The number of carboxylic acids is 1. The van der Waals surface area contributed by atoms with Gasteiger partial charge in [-0.2, -0.15) is 0 Å². The smallest absolute Gasteiger partial charge is 0.326 e. The Kier molecular flexibility index (Phi) is 15.5. The molecule has 3 aromatic carbocycles. The average molecular weight is 691 g/mol. The second-order valence-corrected chi connectivity index (χ2v) is 12.0. The van der Waals surface area contributed by atoms with E-state index in [0.717, 1.165) is 11.1 Å². The lowest BCUT2D eigenvalue weighted by atomic mass is 9.97. The lowest BCUT2D eigenvalue weighted by Crippen LogP contribution is -2.54. The molecule has 0 saturated heterocycles. The van der Waals surface area contributed by atoms with Crippen LogP contribution in [0.1, 0.15) is 48.8 Å². The summed E-state index contributed by atoms with van der Waals surface area (Å²) in [5.41, 5.74) is 13.1. The summed E-state index contributed by atoms with van der Waals surface area (Å²) >= 11 is 0. The van der Waals surface area contributed by atoms with E-state index in [1.54, 1.807) is 60.7 Å². The van der Waals surface area contributed by atoms with Crippen LogP contribution in [0.25, 0.3) is 0 Å². The molecule has 0 bridgehead atoms. The molecule has 0 heterocycles. The SMILES string of the molecule is NC(N)=NCCC[C@@H](NC(=O)CCCc1ccc(O)cc1)C(=O)N[C@@H](Cc1ccccc1)[C@@H](O)CC(=O)N[C@@H](Cc1ccc(O)cc1)C(=O)O. The van der Waals surface area contributed by atoms with Crippen molar-refractivity contribution in [1.29, 1.82) is 0 Å². The lowest BCUT2D eigenvalue weighted by Gasteiger charge is -2.27. The van der Waals surface area contributed by atoms with E-state index in [1.807, 2.05) is 6.07 Å². The summed E-state index contributed by atoms with van der Waals surface area (Å²) in [6.45, 7) is 0.216. The highest BCUT2D eigenvalue weighted by molar-refractivity contribution is 5.88. The number of rotatable bonds is 20. The topological polar surface area (TPSA) is 250 Å². The van der Waals surface area contributed by atoms with Gasteiger partial charge in [0.15, 0.2) is 5.96 Å². The van der Waals surface area contributed by atoms with Crippen molar-refractivity contribution < 1.29 is 39.6 Å². The van der Waals surface area contributed by atoms with Crippen LogP contribution in [0, 0.1) is 0 Å².